The number of unbranched alkanes of at least 4 members (excludes halogenated alkanes) is 3. The minimum Gasteiger partial charge on any atom is -0.372 e. The van der Waals surface area contributed by atoms with Crippen molar-refractivity contribution in [2.45, 2.75) is 38.2 Å². The van der Waals surface area contributed by atoms with Crippen LogP contribution >= 0.6 is 11.6 Å². The number of rotatable bonds is 9. The number of fused-ring (bicyclic) bond motifs is 1. The first kappa shape index (κ1) is 17.7. The molecule has 1 heterocycles. The largest absolute Gasteiger partial charge is 0.372 e. The molecule has 2 rings (SSSR count). The highest BCUT2D eigenvalue weighted by Crippen LogP contribution is 2.21. The summed E-state index contributed by atoms with van der Waals surface area (Å²) in [5.74, 6) is 0.574. The monoisotopic (exact) mass is 334 g/mol. The van der Waals surface area contributed by atoms with E-state index >= 15 is 0 Å². The van der Waals surface area contributed by atoms with Crippen molar-refractivity contribution in [3.8, 4) is 0 Å². The summed E-state index contributed by atoms with van der Waals surface area (Å²) in [6.45, 7) is 0. The molecule has 1 N–H and O–H groups in total. The first-order valence-electron chi connectivity index (χ1n) is 7.99. The number of methoxy groups -OCH3 is 1. The van der Waals surface area contributed by atoms with Gasteiger partial charge in [0.2, 0.25) is 0 Å². The van der Waals surface area contributed by atoms with Gasteiger partial charge in [0.05, 0.1) is 11.2 Å². The van der Waals surface area contributed by atoms with Gasteiger partial charge in [-0.1, -0.05) is 37.5 Å². The van der Waals surface area contributed by atoms with E-state index in [4.69, 9.17) is 16.3 Å². The van der Waals surface area contributed by atoms with Crippen LogP contribution in [0.15, 0.2) is 36.5 Å². The van der Waals surface area contributed by atoms with E-state index in [0.29, 0.717) is 12.3 Å². The lowest BCUT2D eigenvalue weighted by Gasteiger charge is -2.16. The third kappa shape index (κ3) is 5.19. The lowest BCUT2D eigenvalue weighted by atomic mass is 10.1. The Balaban J connectivity index is 1.95. The molecule has 0 unspecified atom stereocenters. The number of amides is 1. The van der Waals surface area contributed by atoms with E-state index in [0.717, 1.165) is 42.3 Å². The first-order chi connectivity index (χ1) is 11.3. The van der Waals surface area contributed by atoms with Crippen molar-refractivity contribution in [1.29, 1.82) is 0 Å². The molecule has 0 aliphatic heterocycles. The van der Waals surface area contributed by atoms with Crippen molar-refractivity contribution in [2.75, 3.05) is 18.3 Å². The van der Waals surface area contributed by atoms with Crippen molar-refractivity contribution in [1.82, 2.24) is 4.98 Å². The van der Waals surface area contributed by atoms with Crippen molar-refractivity contribution < 1.29 is 9.53 Å². The number of anilines is 1. The molecule has 4 nitrogen and oxygen atoms in total. The maximum atomic E-state index is 12.4. The highest BCUT2D eigenvalue weighted by molar-refractivity contribution is 6.17. The Kier molecular flexibility index (Phi) is 7.30. The average molecular weight is 335 g/mol. The summed E-state index contributed by atoms with van der Waals surface area (Å²) >= 11 is 5.66. The number of pyridine rings is 1. The Morgan fingerprint density at radius 2 is 2.00 bits per heavy atom. The summed E-state index contributed by atoms with van der Waals surface area (Å²) in [6, 6.07) is 9.60. The fourth-order valence-corrected chi connectivity index (χ4v) is 2.74. The Hall–Kier alpha value is -1.65. The van der Waals surface area contributed by atoms with Crippen LogP contribution in [-0.4, -0.2) is 30.0 Å². The topological polar surface area (TPSA) is 51.2 Å². The molecule has 0 bridgehead atoms. The van der Waals surface area contributed by atoms with E-state index in [1.54, 1.807) is 13.3 Å². The molecule has 0 fully saturated rings. The van der Waals surface area contributed by atoms with Gasteiger partial charge in [0.15, 0.2) is 0 Å². The van der Waals surface area contributed by atoms with Crippen LogP contribution < -0.4 is 5.32 Å². The number of halogens is 1. The van der Waals surface area contributed by atoms with Gasteiger partial charge in [0, 0.05) is 24.6 Å². The molecule has 0 aliphatic rings. The molecule has 1 aromatic carbocycles. The fourth-order valence-electron chi connectivity index (χ4n) is 2.55. The van der Waals surface area contributed by atoms with Crippen molar-refractivity contribution in [3.63, 3.8) is 0 Å². The molecule has 1 aromatic heterocycles. The Morgan fingerprint density at radius 1 is 1.22 bits per heavy atom. The number of aromatic nitrogens is 1. The summed E-state index contributed by atoms with van der Waals surface area (Å²) in [7, 11) is 1.57. The molecular formula is C18H23ClN2O2. The van der Waals surface area contributed by atoms with E-state index in [9.17, 15) is 4.79 Å². The predicted octanol–water partition coefficient (Wildman–Crippen LogP) is 4.38. The van der Waals surface area contributed by atoms with Crippen LogP contribution in [0.5, 0.6) is 0 Å². The number of carbonyl (C=O) groups is 1. The normalized spacial score (nSPS) is 12.3. The smallest absolute Gasteiger partial charge is 0.253 e. The van der Waals surface area contributed by atoms with Gasteiger partial charge in [-0.3, -0.25) is 9.78 Å². The van der Waals surface area contributed by atoms with Crippen molar-refractivity contribution >= 4 is 34.1 Å². The van der Waals surface area contributed by atoms with Gasteiger partial charge in [0.25, 0.3) is 5.91 Å². The number of benzene rings is 1. The van der Waals surface area contributed by atoms with Gasteiger partial charge in [-0.05, 0) is 25.0 Å². The number of nitrogens with one attached hydrogen (secondary N) is 1. The minimum atomic E-state index is -0.440. The fraction of sp³-hybridized carbons (Fsp3) is 0.444. The molecule has 0 saturated heterocycles. The maximum Gasteiger partial charge on any atom is 0.253 e. The van der Waals surface area contributed by atoms with Gasteiger partial charge in [-0.25, -0.2) is 0 Å². The molecule has 0 aliphatic carbocycles. The van der Waals surface area contributed by atoms with Crippen LogP contribution in [0.2, 0.25) is 0 Å². The average Bonchev–Trinajstić information content (AvgIpc) is 2.58. The summed E-state index contributed by atoms with van der Waals surface area (Å²) in [5.41, 5.74) is 1.51. The standard InChI is InChI=1S/C18H23ClN2O2/c1-23-16(11-4-2-3-5-12-19)18(22)21-15-10-6-8-14-9-7-13-20-17(14)15/h6-10,13,16H,2-5,11-12H2,1H3,(H,21,22)/t16-/m0/s1. The zero-order chi connectivity index (χ0) is 16.5. The van der Waals surface area contributed by atoms with E-state index in [-0.39, 0.29) is 5.91 Å². The number of alkyl halides is 1. The molecule has 0 spiro atoms. The van der Waals surface area contributed by atoms with Crippen molar-refractivity contribution in [3.05, 3.63) is 36.5 Å². The highest BCUT2D eigenvalue weighted by Gasteiger charge is 2.18. The zero-order valence-electron chi connectivity index (χ0n) is 13.4. The van der Waals surface area contributed by atoms with E-state index in [1.807, 2.05) is 30.3 Å². The molecule has 5 heteroatoms. The third-order valence-electron chi connectivity index (χ3n) is 3.82. The summed E-state index contributed by atoms with van der Waals surface area (Å²) in [4.78, 5) is 16.8. The van der Waals surface area contributed by atoms with Crippen molar-refractivity contribution in [2.24, 2.45) is 0 Å². The van der Waals surface area contributed by atoms with Crippen LogP contribution in [0.1, 0.15) is 32.1 Å². The Labute approximate surface area is 142 Å². The van der Waals surface area contributed by atoms with Gasteiger partial charge in [0.1, 0.15) is 6.10 Å². The maximum absolute atomic E-state index is 12.4. The SMILES string of the molecule is CO[C@@H](CCCCCCCl)C(=O)Nc1cccc2cccnc12. The Morgan fingerprint density at radius 3 is 2.78 bits per heavy atom. The minimum absolute atomic E-state index is 0.122. The van der Waals surface area contributed by atoms with Crippen LogP contribution in [0.25, 0.3) is 10.9 Å². The summed E-state index contributed by atoms with van der Waals surface area (Å²) in [5, 5.41) is 3.94. The van der Waals surface area contributed by atoms with E-state index in [2.05, 4.69) is 10.3 Å². The number of hydrogen-bond donors (Lipinski definition) is 1. The molecule has 0 radical (unpaired) electrons. The summed E-state index contributed by atoms with van der Waals surface area (Å²) < 4.78 is 5.34. The highest BCUT2D eigenvalue weighted by atomic mass is 35.5. The lowest BCUT2D eigenvalue weighted by molar-refractivity contribution is -0.126. The number of hydrogen-bond acceptors (Lipinski definition) is 3. The molecule has 0 saturated carbocycles. The van der Waals surface area contributed by atoms with Crippen LogP contribution in [-0.2, 0) is 9.53 Å². The molecular weight excluding hydrogens is 312 g/mol. The van der Waals surface area contributed by atoms with E-state index < -0.39 is 6.10 Å². The van der Waals surface area contributed by atoms with Gasteiger partial charge in [-0.2, -0.15) is 0 Å². The first-order valence-corrected chi connectivity index (χ1v) is 8.53. The van der Waals surface area contributed by atoms with E-state index in [1.165, 1.54) is 0 Å². The molecule has 23 heavy (non-hydrogen) atoms. The molecule has 1 atom stereocenters. The predicted molar refractivity (Wildman–Crippen MR) is 95.0 cm³/mol. The second kappa shape index (κ2) is 9.48. The number of ether oxygens (including phenoxy) is 1. The second-order valence-corrected chi connectivity index (χ2v) is 5.86. The molecule has 2 aromatic rings. The lowest BCUT2D eigenvalue weighted by Crippen LogP contribution is -2.29. The Bertz CT molecular complexity index is 628. The van der Waals surface area contributed by atoms with Gasteiger partial charge in [-0.15, -0.1) is 11.6 Å². The summed E-state index contributed by atoms with van der Waals surface area (Å²) in [6.07, 6.45) is 6.13. The van der Waals surface area contributed by atoms with Gasteiger partial charge < -0.3 is 10.1 Å². The van der Waals surface area contributed by atoms with Crippen LogP contribution in [0.4, 0.5) is 5.69 Å². The third-order valence-corrected chi connectivity index (χ3v) is 4.08. The van der Waals surface area contributed by atoms with Crippen LogP contribution in [0.3, 0.4) is 0 Å². The number of para-hydroxylation sites is 1. The molecule has 124 valence electrons. The van der Waals surface area contributed by atoms with Gasteiger partial charge >= 0.3 is 0 Å². The second-order valence-electron chi connectivity index (χ2n) is 5.49. The quantitative estimate of drug-likeness (QED) is 0.547. The molecule has 1 amide bonds. The van der Waals surface area contributed by atoms with Crippen LogP contribution in [0, 0.1) is 0 Å². The zero-order valence-corrected chi connectivity index (χ0v) is 14.2. The number of nitrogens with zero attached hydrogens (tertiary/aromatic N) is 1. The number of carbonyl (C=O) groups excluding carboxylic acids is 1.